The van der Waals surface area contributed by atoms with E-state index >= 15 is 0 Å². The first kappa shape index (κ1) is 24.4. The van der Waals surface area contributed by atoms with Gasteiger partial charge in [-0.1, -0.05) is 19.9 Å². The Morgan fingerprint density at radius 1 is 1.21 bits per heavy atom. The molecule has 1 fully saturated rings. The fourth-order valence-electron chi connectivity index (χ4n) is 5.01. The maximum absolute atomic E-state index is 13.6. The van der Waals surface area contributed by atoms with Crippen molar-refractivity contribution in [1.29, 1.82) is 0 Å². The summed E-state index contributed by atoms with van der Waals surface area (Å²) in [5.41, 5.74) is 1.05. The number of fused-ring (bicyclic) bond motifs is 1. The standard InChI is InChI=1S/C26H30FNO5S/c1-5-26(4)21-13-18(23(29)15-25(3)11-12-34(31,32)16-25)9-10-22(21)28(24(26)30)19-7-6-8-20(14-19)33-17(2)27/h6-10,13-14,17H,5,11-12,15-16H2,1-4H3/t17?,25-,26+/m1/s1. The van der Waals surface area contributed by atoms with Crippen LogP contribution in [0.5, 0.6) is 5.75 Å². The predicted octanol–water partition coefficient (Wildman–Crippen LogP) is 5.12. The van der Waals surface area contributed by atoms with Crippen LogP contribution in [0.1, 0.15) is 62.9 Å². The number of nitrogens with zero attached hydrogens (tertiary/aromatic N) is 1. The summed E-state index contributed by atoms with van der Waals surface area (Å²) in [6, 6.07) is 12.0. The van der Waals surface area contributed by atoms with Crippen LogP contribution in [0.3, 0.4) is 0 Å². The Kier molecular flexibility index (Phi) is 6.09. The second-order valence-corrected chi connectivity index (χ2v) is 12.2. The van der Waals surface area contributed by atoms with E-state index in [-0.39, 0.29) is 29.6 Å². The molecule has 0 bridgehead atoms. The molecule has 2 aliphatic heterocycles. The van der Waals surface area contributed by atoms with Crippen molar-refractivity contribution in [3.63, 3.8) is 0 Å². The van der Waals surface area contributed by atoms with Gasteiger partial charge in [0, 0.05) is 25.0 Å². The van der Waals surface area contributed by atoms with Crippen molar-refractivity contribution in [3.8, 4) is 5.75 Å². The summed E-state index contributed by atoms with van der Waals surface area (Å²) in [4.78, 5) is 28.3. The van der Waals surface area contributed by atoms with Gasteiger partial charge in [-0.05, 0) is 61.1 Å². The van der Waals surface area contributed by atoms with Crippen molar-refractivity contribution in [2.45, 2.75) is 58.7 Å². The van der Waals surface area contributed by atoms with Gasteiger partial charge in [-0.25, -0.2) is 12.8 Å². The molecule has 2 aromatic rings. The zero-order valence-corrected chi connectivity index (χ0v) is 20.7. The van der Waals surface area contributed by atoms with E-state index < -0.39 is 27.0 Å². The van der Waals surface area contributed by atoms with Gasteiger partial charge in [0.2, 0.25) is 12.3 Å². The number of hydrogen-bond acceptors (Lipinski definition) is 5. The van der Waals surface area contributed by atoms with E-state index in [9.17, 15) is 22.4 Å². The van der Waals surface area contributed by atoms with E-state index in [0.717, 1.165) is 5.56 Å². The van der Waals surface area contributed by atoms with Crippen LogP contribution in [-0.4, -0.2) is 38.0 Å². The first-order chi connectivity index (χ1) is 15.9. The lowest BCUT2D eigenvalue weighted by Crippen LogP contribution is -2.35. The molecular formula is C26H30FNO5S. The zero-order chi connectivity index (χ0) is 24.9. The molecule has 4 rings (SSSR count). The van der Waals surface area contributed by atoms with Gasteiger partial charge in [0.25, 0.3) is 0 Å². The number of anilines is 2. The summed E-state index contributed by atoms with van der Waals surface area (Å²) >= 11 is 0. The maximum Gasteiger partial charge on any atom is 0.241 e. The van der Waals surface area contributed by atoms with E-state index in [1.165, 1.54) is 6.92 Å². The molecule has 8 heteroatoms. The van der Waals surface area contributed by atoms with Crippen LogP contribution in [0.15, 0.2) is 42.5 Å². The molecule has 0 aliphatic carbocycles. The molecule has 6 nitrogen and oxygen atoms in total. The minimum atomic E-state index is -3.11. The van der Waals surface area contributed by atoms with Crippen molar-refractivity contribution in [2.24, 2.45) is 5.41 Å². The molecule has 2 aliphatic rings. The molecular weight excluding hydrogens is 457 g/mol. The fraction of sp³-hybridized carbons (Fsp3) is 0.462. The monoisotopic (exact) mass is 487 g/mol. The lowest BCUT2D eigenvalue weighted by Gasteiger charge is -2.23. The van der Waals surface area contributed by atoms with E-state index in [1.54, 1.807) is 47.4 Å². The maximum atomic E-state index is 13.6. The molecule has 0 saturated carbocycles. The van der Waals surface area contributed by atoms with Gasteiger partial charge in [-0.2, -0.15) is 0 Å². The zero-order valence-electron chi connectivity index (χ0n) is 19.9. The minimum Gasteiger partial charge on any atom is -0.461 e. The van der Waals surface area contributed by atoms with Crippen molar-refractivity contribution < 1.29 is 27.1 Å². The summed E-state index contributed by atoms with van der Waals surface area (Å²) in [6.45, 7) is 6.92. The highest BCUT2D eigenvalue weighted by atomic mass is 32.2. The average molecular weight is 488 g/mol. The largest absolute Gasteiger partial charge is 0.461 e. The minimum absolute atomic E-state index is 0.0194. The van der Waals surface area contributed by atoms with Gasteiger partial charge in [0.15, 0.2) is 15.6 Å². The Balaban J connectivity index is 1.69. The number of amides is 1. The van der Waals surface area contributed by atoms with E-state index in [4.69, 9.17) is 4.74 Å². The van der Waals surface area contributed by atoms with Crippen LogP contribution in [-0.2, 0) is 20.0 Å². The lowest BCUT2D eigenvalue weighted by molar-refractivity contribution is -0.122. The molecule has 2 aromatic carbocycles. The average Bonchev–Trinajstić information content (AvgIpc) is 3.17. The topological polar surface area (TPSA) is 80.8 Å². The molecule has 1 amide bonds. The lowest BCUT2D eigenvalue weighted by atomic mass is 9.79. The summed E-state index contributed by atoms with van der Waals surface area (Å²) in [5.74, 6) is 0.194. The third-order valence-corrected chi connectivity index (χ3v) is 9.05. The molecule has 1 saturated heterocycles. The second kappa shape index (κ2) is 8.48. The van der Waals surface area contributed by atoms with Gasteiger partial charge in [0.1, 0.15) is 5.75 Å². The Hall–Kier alpha value is -2.74. The number of alkyl halides is 1. The molecule has 2 heterocycles. The van der Waals surface area contributed by atoms with Crippen LogP contribution in [0.25, 0.3) is 0 Å². The number of ketones is 1. The summed E-state index contributed by atoms with van der Waals surface area (Å²) in [6.07, 6.45) is -0.337. The van der Waals surface area contributed by atoms with Crippen LogP contribution in [0.4, 0.5) is 15.8 Å². The smallest absolute Gasteiger partial charge is 0.241 e. The number of benzene rings is 2. The van der Waals surface area contributed by atoms with Crippen molar-refractivity contribution in [3.05, 3.63) is 53.6 Å². The highest BCUT2D eigenvalue weighted by molar-refractivity contribution is 7.91. The second-order valence-electron chi connectivity index (χ2n) is 9.97. The number of halogens is 1. The van der Waals surface area contributed by atoms with Gasteiger partial charge in [0.05, 0.1) is 28.3 Å². The number of Topliss-reactive ketones (excluding diaryl/α,β-unsaturated/α-hetero) is 1. The number of carbonyl (C=O) groups is 2. The van der Waals surface area contributed by atoms with Gasteiger partial charge in [-0.15, -0.1) is 0 Å². The molecule has 0 aromatic heterocycles. The Morgan fingerprint density at radius 3 is 2.56 bits per heavy atom. The number of hydrogen-bond donors (Lipinski definition) is 0. The third kappa shape index (κ3) is 4.35. The van der Waals surface area contributed by atoms with Crippen molar-refractivity contribution in [1.82, 2.24) is 0 Å². The molecule has 0 spiro atoms. The number of sulfone groups is 1. The SMILES string of the molecule is CC[C@]1(C)C(=O)N(c2cccc(OC(C)F)c2)c2ccc(C(=O)C[C@@]3(C)CCS(=O)(=O)C3)cc21. The van der Waals surface area contributed by atoms with Crippen LogP contribution >= 0.6 is 0 Å². The number of rotatable bonds is 7. The van der Waals surface area contributed by atoms with E-state index in [1.807, 2.05) is 20.8 Å². The van der Waals surface area contributed by atoms with E-state index in [2.05, 4.69) is 0 Å². The third-order valence-electron chi connectivity index (χ3n) is 7.08. The molecule has 0 radical (unpaired) electrons. The Bertz CT molecular complexity index is 1260. The molecule has 1 unspecified atom stereocenters. The predicted molar refractivity (Wildman–Crippen MR) is 129 cm³/mol. The summed E-state index contributed by atoms with van der Waals surface area (Å²) < 4.78 is 42.4. The van der Waals surface area contributed by atoms with Crippen LogP contribution in [0.2, 0.25) is 0 Å². The summed E-state index contributed by atoms with van der Waals surface area (Å²) in [7, 11) is -3.11. The van der Waals surface area contributed by atoms with Gasteiger partial charge in [-0.3, -0.25) is 14.5 Å². The normalized spacial score (nSPS) is 26.4. The molecule has 182 valence electrons. The van der Waals surface area contributed by atoms with Gasteiger partial charge < -0.3 is 4.74 Å². The molecule has 34 heavy (non-hydrogen) atoms. The first-order valence-electron chi connectivity index (χ1n) is 11.5. The van der Waals surface area contributed by atoms with Crippen molar-refractivity contribution in [2.75, 3.05) is 16.4 Å². The van der Waals surface area contributed by atoms with Gasteiger partial charge >= 0.3 is 0 Å². The van der Waals surface area contributed by atoms with Crippen molar-refractivity contribution >= 4 is 32.9 Å². The number of ether oxygens (including phenoxy) is 1. The highest BCUT2D eigenvalue weighted by Crippen LogP contribution is 2.48. The number of carbonyl (C=O) groups excluding carboxylic acids is 2. The van der Waals surface area contributed by atoms with Crippen LogP contribution in [0, 0.1) is 5.41 Å². The van der Waals surface area contributed by atoms with Crippen LogP contribution < -0.4 is 9.64 Å². The quantitative estimate of drug-likeness (QED) is 0.506. The highest BCUT2D eigenvalue weighted by Gasteiger charge is 2.47. The summed E-state index contributed by atoms with van der Waals surface area (Å²) in [5, 5.41) is 0. The Labute approximate surface area is 200 Å². The molecule has 0 N–H and O–H groups in total. The molecule has 3 atom stereocenters. The van der Waals surface area contributed by atoms with E-state index in [0.29, 0.717) is 35.5 Å². The fourth-order valence-corrected chi connectivity index (χ4v) is 7.26. The first-order valence-corrected chi connectivity index (χ1v) is 13.3. The Morgan fingerprint density at radius 2 is 1.94 bits per heavy atom.